The van der Waals surface area contributed by atoms with Crippen molar-refractivity contribution >= 4 is 27.3 Å². The Morgan fingerprint density at radius 2 is 1.86 bits per heavy atom. The van der Waals surface area contributed by atoms with Crippen LogP contribution in [0.1, 0.15) is 91.2 Å². The van der Waals surface area contributed by atoms with Gasteiger partial charge in [0.2, 0.25) is 0 Å². The molecular weight excluding hydrogens is 440 g/mol. The van der Waals surface area contributed by atoms with Crippen molar-refractivity contribution in [1.29, 1.82) is 0 Å². The molecule has 3 heteroatoms. The van der Waals surface area contributed by atoms with E-state index in [0.717, 1.165) is 18.4 Å². The van der Waals surface area contributed by atoms with Crippen LogP contribution in [-0.2, 0) is 6.42 Å². The maximum absolute atomic E-state index is 10.4. The first-order valence-electron chi connectivity index (χ1n) is 11.3. The number of rotatable bonds is 11. The van der Waals surface area contributed by atoms with Crippen molar-refractivity contribution in [2.45, 2.75) is 83.7 Å². The molecule has 0 saturated carbocycles. The molecule has 1 aromatic carbocycles. The number of benzene rings is 1. The van der Waals surface area contributed by atoms with Gasteiger partial charge in [0.1, 0.15) is 0 Å². The Balaban J connectivity index is 1.52. The van der Waals surface area contributed by atoms with Crippen molar-refractivity contribution in [1.82, 2.24) is 0 Å². The molecule has 1 nitrogen and oxygen atoms in total. The second-order valence-electron chi connectivity index (χ2n) is 8.50. The van der Waals surface area contributed by atoms with Crippen LogP contribution in [0, 0.1) is 12.8 Å². The molecule has 0 aliphatic heterocycles. The molecule has 0 amide bonds. The highest BCUT2D eigenvalue weighted by atomic mass is 79.9. The van der Waals surface area contributed by atoms with Crippen molar-refractivity contribution in [3.8, 4) is 0 Å². The maximum Gasteiger partial charge on any atom is 0.0790 e. The first-order chi connectivity index (χ1) is 14.1. The zero-order valence-electron chi connectivity index (χ0n) is 17.9. The van der Waals surface area contributed by atoms with Crippen LogP contribution in [-0.4, -0.2) is 5.11 Å². The number of hydrogen-bond acceptors (Lipinski definition) is 2. The molecule has 2 aromatic rings. The molecule has 1 aliphatic rings. The average Bonchev–Trinajstić information content (AvgIpc) is 3.30. The zero-order chi connectivity index (χ0) is 20.6. The van der Waals surface area contributed by atoms with Gasteiger partial charge in [-0.25, -0.2) is 0 Å². The van der Waals surface area contributed by atoms with Gasteiger partial charge in [0.05, 0.1) is 6.10 Å². The summed E-state index contributed by atoms with van der Waals surface area (Å²) in [5, 5.41) is 10.4. The van der Waals surface area contributed by atoms with Gasteiger partial charge < -0.3 is 5.11 Å². The van der Waals surface area contributed by atoms with E-state index in [-0.39, 0.29) is 6.10 Å². The summed E-state index contributed by atoms with van der Waals surface area (Å²) >= 11 is 5.77. The van der Waals surface area contributed by atoms with Crippen LogP contribution >= 0.6 is 27.3 Å². The zero-order valence-corrected chi connectivity index (χ0v) is 20.3. The summed E-state index contributed by atoms with van der Waals surface area (Å²) in [5.74, 6) is 1.17. The Bertz CT molecular complexity index is 776. The number of aliphatic hydroxyl groups excluding tert-OH is 1. The quantitative estimate of drug-likeness (QED) is 0.323. The van der Waals surface area contributed by atoms with Gasteiger partial charge in [-0.15, -0.1) is 11.3 Å². The molecule has 0 fully saturated rings. The first-order valence-corrected chi connectivity index (χ1v) is 12.9. The lowest BCUT2D eigenvalue weighted by atomic mass is 9.84. The Labute approximate surface area is 189 Å². The van der Waals surface area contributed by atoms with Gasteiger partial charge in [0, 0.05) is 15.7 Å². The van der Waals surface area contributed by atoms with E-state index < -0.39 is 0 Å². The van der Waals surface area contributed by atoms with Crippen LogP contribution in [0.4, 0.5) is 0 Å². The SMILES string of the molecule is CCCCCC(O)c1ccc(C2C(Br)=CC[C@@H]2CCCCc2ccc(C)s2)cc1. The topological polar surface area (TPSA) is 20.2 Å². The van der Waals surface area contributed by atoms with Gasteiger partial charge >= 0.3 is 0 Å². The van der Waals surface area contributed by atoms with E-state index in [0.29, 0.717) is 11.8 Å². The molecule has 0 bridgehead atoms. The minimum Gasteiger partial charge on any atom is -0.388 e. The van der Waals surface area contributed by atoms with Crippen molar-refractivity contribution < 1.29 is 5.11 Å². The molecular formula is C26H35BrOS. The second-order valence-corrected chi connectivity index (χ2v) is 10.8. The van der Waals surface area contributed by atoms with E-state index in [9.17, 15) is 5.11 Å². The van der Waals surface area contributed by atoms with Crippen LogP contribution in [0.5, 0.6) is 0 Å². The molecule has 1 aromatic heterocycles. The van der Waals surface area contributed by atoms with E-state index in [1.54, 1.807) is 0 Å². The molecule has 0 spiro atoms. The normalized spacial score (nSPS) is 20.1. The third-order valence-electron chi connectivity index (χ3n) is 6.19. The van der Waals surface area contributed by atoms with Crippen molar-refractivity contribution in [3.63, 3.8) is 0 Å². The molecule has 2 unspecified atom stereocenters. The Kier molecular flexibility index (Phi) is 9.02. The smallest absolute Gasteiger partial charge is 0.0790 e. The Morgan fingerprint density at radius 1 is 1.07 bits per heavy atom. The predicted octanol–water partition coefficient (Wildman–Crippen LogP) is 8.47. The number of aryl methyl sites for hydroxylation is 2. The number of aliphatic hydroxyl groups is 1. The van der Waals surface area contributed by atoms with Crippen LogP contribution in [0.25, 0.3) is 0 Å². The summed E-state index contributed by atoms with van der Waals surface area (Å²) in [6.45, 7) is 4.39. The highest BCUT2D eigenvalue weighted by Crippen LogP contribution is 2.45. The van der Waals surface area contributed by atoms with Crippen molar-refractivity contribution in [3.05, 3.63) is 67.8 Å². The highest BCUT2D eigenvalue weighted by molar-refractivity contribution is 9.11. The van der Waals surface area contributed by atoms with Crippen molar-refractivity contribution in [2.24, 2.45) is 5.92 Å². The molecule has 158 valence electrons. The Morgan fingerprint density at radius 3 is 2.55 bits per heavy atom. The lowest BCUT2D eigenvalue weighted by Crippen LogP contribution is -2.09. The van der Waals surface area contributed by atoms with Gasteiger partial charge in [-0.1, -0.05) is 78.9 Å². The first kappa shape index (κ1) is 22.8. The number of unbranched alkanes of at least 4 members (excludes halogenated alkanes) is 3. The van der Waals surface area contributed by atoms with E-state index in [1.807, 2.05) is 11.3 Å². The van der Waals surface area contributed by atoms with Gasteiger partial charge in [0.15, 0.2) is 0 Å². The minimum atomic E-state index is -0.324. The summed E-state index contributed by atoms with van der Waals surface area (Å²) in [6.07, 6.45) is 12.6. The van der Waals surface area contributed by atoms with Crippen LogP contribution in [0.2, 0.25) is 0 Å². The third kappa shape index (κ3) is 6.54. The summed E-state index contributed by atoms with van der Waals surface area (Å²) in [6, 6.07) is 13.3. The molecule has 29 heavy (non-hydrogen) atoms. The highest BCUT2D eigenvalue weighted by Gasteiger charge is 2.29. The van der Waals surface area contributed by atoms with Gasteiger partial charge in [0.25, 0.3) is 0 Å². The fourth-order valence-corrected chi connectivity index (χ4v) is 6.23. The van der Waals surface area contributed by atoms with Crippen LogP contribution in [0.15, 0.2) is 47.0 Å². The number of allylic oxidation sites excluding steroid dienone is 2. The summed E-state index contributed by atoms with van der Waals surface area (Å²) in [5.41, 5.74) is 2.44. The predicted molar refractivity (Wildman–Crippen MR) is 130 cm³/mol. The molecule has 1 heterocycles. The Hall–Kier alpha value is -0.900. The van der Waals surface area contributed by atoms with Gasteiger partial charge in [-0.2, -0.15) is 0 Å². The van der Waals surface area contributed by atoms with Crippen LogP contribution < -0.4 is 0 Å². The second kappa shape index (κ2) is 11.5. The number of thiophene rings is 1. The number of hydrogen-bond donors (Lipinski definition) is 1. The maximum atomic E-state index is 10.4. The van der Waals surface area contributed by atoms with E-state index in [2.05, 4.69) is 72.3 Å². The average molecular weight is 476 g/mol. The molecule has 3 rings (SSSR count). The van der Waals surface area contributed by atoms with Crippen molar-refractivity contribution in [2.75, 3.05) is 0 Å². The largest absolute Gasteiger partial charge is 0.388 e. The van der Waals surface area contributed by atoms with E-state index in [1.165, 1.54) is 64.7 Å². The van der Waals surface area contributed by atoms with E-state index in [4.69, 9.17) is 0 Å². The number of halogens is 1. The fourth-order valence-electron chi connectivity index (χ4n) is 4.47. The van der Waals surface area contributed by atoms with E-state index >= 15 is 0 Å². The lowest BCUT2D eigenvalue weighted by molar-refractivity contribution is 0.163. The molecule has 1 aliphatic carbocycles. The fraction of sp³-hybridized carbons (Fsp3) is 0.538. The molecule has 3 atom stereocenters. The standard InChI is InChI=1S/C26H35BrOS/c1-3-4-5-10-25(28)20-12-14-22(15-13-20)26-21(16-18-24(26)27)8-6-7-9-23-17-11-19(2)29-23/h11-15,17-18,21,25-26,28H,3-10,16H2,1-2H3/t21-,25?,26?/m0/s1. The summed E-state index contributed by atoms with van der Waals surface area (Å²) < 4.78 is 1.34. The van der Waals surface area contributed by atoms with Gasteiger partial charge in [-0.05, 0) is 72.7 Å². The lowest BCUT2D eigenvalue weighted by Gasteiger charge is -2.22. The summed E-state index contributed by atoms with van der Waals surface area (Å²) in [7, 11) is 0. The summed E-state index contributed by atoms with van der Waals surface area (Å²) in [4.78, 5) is 2.95. The van der Waals surface area contributed by atoms with Crippen LogP contribution in [0.3, 0.4) is 0 Å². The third-order valence-corrected chi connectivity index (χ3v) is 8.07. The van der Waals surface area contributed by atoms with Gasteiger partial charge in [-0.3, -0.25) is 0 Å². The molecule has 0 radical (unpaired) electrons. The monoisotopic (exact) mass is 474 g/mol. The minimum absolute atomic E-state index is 0.324. The molecule has 1 N–H and O–H groups in total. The molecule has 0 saturated heterocycles.